The lowest BCUT2D eigenvalue weighted by Crippen LogP contribution is -2.41. The summed E-state index contributed by atoms with van der Waals surface area (Å²) in [4.78, 5) is 14.3. The first kappa shape index (κ1) is 16.5. The van der Waals surface area contributed by atoms with E-state index in [2.05, 4.69) is 44.9 Å². The fourth-order valence-corrected chi connectivity index (χ4v) is 3.01. The maximum atomic E-state index is 12.2. The van der Waals surface area contributed by atoms with Crippen molar-refractivity contribution < 1.29 is 4.79 Å². The Morgan fingerprint density at radius 1 is 1.29 bits per heavy atom. The highest BCUT2D eigenvalue weighted by molar-refractivity contribution is 5.88. The van der Waals surface area contributed by atoms with E-state index in [4.69, 9.17) is 0 Å². The Morgan fingerprint density at radius 3 is 2.88 bits per heavy atom. The molecule has 2 N–H and O–H groups in total. The van der Waals surface area contributed by atoms with Gasteiger partial charge in [0.05, 0.1) is 6.54 Å². The lowest BCUT2D eigenvalue weighted by Gasteiger charge is -2.25. The van der Waals surface area contributed by atoms with Crippen LogP contribution in [0, 0.1) is 0 Å². The number of nitrogens with zero attached hydrogens (tertiary/aromatic N) is 3. The van der Waals surface area contributed by atoms with Gasteiger partial charge in [-0.1, -0.05) is 24.3 Å². The smallest absolute Gasteiger partial charge is 0.320 e. The summed E-state index contributed by atoms with van der Waals surface area (Å²) in [6.45, 7) is 1.71. The summed E-state index contributed by atoms with van der Waals surface area (Å²) in [6.07, 6.45) is 4.76. The maximum Gasteiger partial charge on any atom is 0.320 e. The van der Waals surface area contributed by atoms with Crippen molar-refractivity contribution in [2.24, 2.45) is 0 Å². The van der Waals surface area contributed by atoms with Gasteiger partial charge < -0.3 is 10.2 Å². The van der Waals surface area contributed by atoms with Crippen LogP contribution in [0.2, 0.25) is 0 Å². The van der Waals surface area contributed by atoms with Crippen molar-refractivity contribution in [1.82, 2.24) is 20.0 Å². The molecule has 1 heterocycles. The van der Waals surface area contributed by atoms with Crippen LogP contribution in [0.4, 0.5) is 10.6 Å². The van der Waals surface area contributed by atoms with Gasteiger partial charge in [0.1, 0.15) is 0 Å². The first-order chi connectivity index (χ1) is 11.6. The highest BCUT2D eigenvalue weighted by Gasteiger charge is 2.20. The number of hydrogen-bond acceptors (Lipinski definition) is 3. The zero-order valence-electron chi connectivity index (χ0n) is 14.3. The molecule has 0 unspecified atom stereocenters. The lowest BCUT2D eigenvalue weighted by molar-refractivity contribution is 0.247. The molecule has 24 heavy (non-hydrogen) atoms. The molecule has 0 saturated carbocycles. The molecule has 0 aliphatic heterocycles. The van der Waals surface area contributed by atoms with Gasteiger partial charge in [-0.2, -0.15) is 5.10 Å². The van der Waals surface area contributed by atoms with Crippen molar-refractivity contribution in [1.29, 1.82) is 0 Å². The van der Waals surface area contributed by atoms with Crippen molar-refractivity contribution in [3.63, 3.8) is 0 Å². The molecule has 1 aromatic carbocycles. The van der Waals surface area contributed by atoms with Crippen LogP contribution in [0.5, 0.6) is 0 Å². The van der Waals surface area contributed by atoms with Crippen molar-refractivity contribution >= 4 is 11.8 Å². The third-order valence-corrected chi connectivity index (χ3v) is 4.34. The number of amides is 2. The molecule has 3 rings (SSSR count). The Kier molecular flexibility index (Phi) is 5.15. The maximum absolute atomic E-state index is 12.2. The van der Waals surface area contributed by atoms with E-state index >= 15 is 0 Å². The zero-order valence-corrected chi connectivity index (χ0v) is 14.3. The number of carbonyl (C=O) groups is 1. The number of aryl methyl sites for hydroxylation is 1. The first-order valence-electron chi connectivity index (χ1n) is 8.42. The number of benzene rings is 1. The second-order valence-corrected chi connectivity index (χ2v) is 6.57. The second-order valence-electron chi connectivity index (χ2n) is 6.57. The summed E-state index contributed by atoms with van der Waals surface area (Å²) >= 11 is 0. The van der Waals surface area contributed by atoms with E-state index in [1.54, 1.807) is 0 Å². The van der Waals surface area contributed by atoms with Gasteiger partial charge in [0, 0.05) is 24.8 Å². The Labute approximate surface area is 142 Å². The molecule has 1 aliphatic rings. The minimum absolute atomic E-state index is 0.177. The van der Waals surface area contributed by atoms with Gasteiger partial charge in [0.15, 0.2) is 5.82 Å². The number of likely N-dealkylation sites (N-methyl/N-ethyl adjacent to an activating group) is 1. The third kappa shape index (κ3) is 4.35. The van der Waals surface area contributed by atoms with Crippen LogP contribution >= 0.6 is 0 Å². The molecule has 1 atom stereocenters. The number of fused-ring (bicyclic) bond motifs is 1. The van der Waals surface area contributed by atoms with E-state index in [1.807, 2.05) is 31.0 Å². The summed E-state index contributed by atoms with van der Waals surface area (Å²) in [5, 5.41) is 10.3. The van der Waals surface area contributed by atoms with Crippen molar-refractivity contribution in [2.45, 2.75) is 31.8 Å². The molecule has 0 bridgehead atoms. The van der Waals surface area contributed by atoms with Crippen LogP contribution in [0.1, 0.15) is 17.5 Å². The standard InChI is InChI=1S/C18H25N5O/c1-22(2)11-12-23-10-9-17(21-23)20-18(24)19-16-8-7-14-5-3-4-6-15(14)13-16/h3-6,9-10,16H,7-8,11-13H2,1-2H3,(H2,19,20,21,24)/t16-/m0/s1. The van der Waals surface area contributed by atoms with Crippen LogP contribution in [0.3, 0.4) is 0 Å². The average molecular weight is 327 g/mol. The van der Waals surface area contributed by atoms with Crippen LogP contribution in [0.15, 0.2) is 36.5 Å². The fourth-order valence-electron chi connectivity index (χ4n) is 3.01. The summed E-state index contributed by atoms with van der Waals surface area (Å²) in [5.74, 6) is 0.586. The Hall–Kier alpha value is -2.34. The predicted molar refractivity (Wildman–Crippen MR) is 95.2 cm³/mol. The number of rotatable bonds is 5. The van der Waals surface area contributed by atoms with E-state index in [0.29, 0.717) is 5.82 Å². The van der Waals surface area contributed by atoms with Crippen LogP contribution in [-0.4, -0.2) is 47.4 Å². The molecular weight excluding hydrogens is 302 g/mol. The second kappa shape index (κ2) is 7.49. The number of urea groups is 1. The van der Waals surface area contributed by atoms with E-state index in [9.17, 15) is 4.79 Å². The Bertz CT molecular complexity index is 694. The average Bonchev–Trinajstić information content (AvgIpc) is 3.00. The number of aromatic nitrogens is 2. The fraction of sp³-hybridized carbons (Fsp3) is 0.444. The van der Waals surface area contributed by atoms with Crippen LogP contribution in [-0.2, 0) is 19.4 Å². The van der Waals surface area contributed by atoms with Crippen LogP contribution < -0.4 is 10.6 Å². The molecule has 0 fully saturated rings. The molecule has 1 aromatic heterocycles. The molecular formula is C18H25N5O. The predicted octanol–water partition coefficient (Wildman–Crippen LogP) is 2.12. The van der Waals surface area contributed by atoms with Gasteiger partial charge in [-0.25, -0.2) is 4.79 Å². The monoisotopic (exact) mass is 327 g/mol. The van der Waals surface area contributed by atoms with Gasteiger partial charge in [-0.15, -0.1) is 0 Å². The number of hydrogen-bond donors (Lipinski definition) is 2. The summed E-state index contributed by atoms with van der Waals surface area (Å²) < 4.78 is 1.84. The first-order valence-corrected chi connectivity index (χ1v) is 8.42. The molecule has 2 aromatic rings. The molecule has 6 heteroatoms. The van der Waals surface area contributed by atoms with E-state index < -0.39 is 0 Å². The van der Waals surface area contributed by atoms with Crippen molar-refractivity contribution in [2.75, 3.05) is 26.0 Å². The number of carbonyl (C=O) groups excluding carboxylic acids is 1. The summed E-state index contributed by atoms with van der Waals surface area (Å²) in [5.41, 5.74) is 2.73. The van der Waals surface area contributed by atoms with Crippen LogP contribution in [0.25, 0.3) is 0 Å². The Morgan fingerprint density at radius 2 is 2.08 bits per heavy atom. The Balaban J connectivity index is 1.49. The minimum Gasteiger partial charge on any atom is -0.335 e. The van der Waals surface area contributed by atoms with Gasteiger partial charge in [-0.05, 0) is 44.5 Å². The molecule has 6 nitrogen and oxygen atoms in total. The highest BCUT2D eigenvalue weighted by atomic mass is 16.2. The molecule has 0 spiro atoms. The molecule has 0 radical (unpaired) electrons. The quantitative estimate of drug-likeness (QED) is 0.884. The van der Waals surface area contributed by atoms with E-state index in [-0.39, 0.29) is 12.1 Å². The number of nitrogens with one attached hydrogen (secondary N) is 2. The van der Waals surface area contributed by atoms with Crippen molar-refractivity contribution in [3.8, 4) is 0 Å². The van der Waals surface area contributed by atoms with Gasteiger partial charge in [0.2, 0.25) is 0 Å². The minimum atomic E-state index is -0.183. The number of anilines is 1. The van der Waals surface area contributed by atoms with E-state index in [1.165, 1.54) is 11.1 Å². The van der Waals surface area contributed by atoms with Crippen molar-refractivity contribution in [3.05, 3.63) is 47.7 Å². The van der Waals surface area contributed by atoms with Gasteiger partial charge in [0.25, 0.3) is 0 Å². The van der Waals surface area contributed by atoms with Gasteiger partial charge in [-0.3, -0.25) is 10.00 Å². The normalized spacial score (nSPS) is 16.7. The highest BCUT2D eigenvalue weighted by Crippen LogP contribution is 2.21. The largest absolute Gasteiger partial charge is 0.335 e. The summed E-state index contributed by atoms with van der Waals surface area (Å²) in [7, 11) is 4.05. The SMILES string of the molecule is CN(C)CCn1ccc(NC(=O)N[C@H]2CCc3ccccc3C2)n1. The third-order valence-electron chi connectivity index (χ3n) is 4.34. The van der Waals surface area contributed by atoms with E-state index in [0.717, 1.165) is 32.4 Å². The zero-order chi connectivity index (χ0) is 16.9. The lowest BCUT2D eigenvalue weighted by atomic mass is 9.88. The van der Waals surface area contributed by atoms with Gasteiger partial charge >= 0.3 is 6.03 Å². The molecule has 1 aliphatic carbocycles. The molecule has 2 amide bonds. The summed E-state index contributed by atoms with van der Waals surface area (Å²) in [6, 6.07) is 10.3. The molecule has 128 valence electrons. The molecule has 0 saturated heterocycles. The topological polar surface area (TPSA) is 62.2 Å².